The number of ether oxygens (including phenoxy) is 2. The van der Waals surface area contributed by atoms with Crippen LogP contribution in [0, 0.1) is 0 Å². The van der Waals surface area contributed by atoms with E-state index in [9.17, 15) is 4.79 Å². The number of carbonyl (C=O) groups excluding carboxylic acids is 1. The van der Waals surface area contributed by atoms with Gasteiger partial charge in [0.2, 0.25) is 5.95 Å². The van der Waals surface area contributed by atoms with Crippen LogP contribution in [-0.4, -0.2) is 36.5 Å². The second-order valence-corrected chi connectivity index (χ2v) is 7.38. The smallest absolute Gasteiger partial charge is 0.222 e. The molecule has 0 saturated heterocycles. The maximum Gasteiger partial charge on any atom is 0.222 e. The Bertz CT molecular complexity index is 1020. The van der Waals surface area contributed by atoms with E-state index >= 15 is 0 Å². The summed E-state index contributed by atoms with van der Waals surface area (Å²) in [5, 5.41) is 3.28. The Morgan fingerprint density at radius 3 is 2.30 bits per heavy atom. The molecule has 6 heteroatoms. The van der Waals surface area contributed by atoms with Crippen molar-refractivity contribution in [2.24, 2.45) is 0 Å². The minimum atomic E-state index is 0.0989. The molecular weight excluding hydrogens is 378 g/mol. The molecule has 0 radical (unpaired) electrons. The highest BCUT2D eigenvalue weighted by Crippen LogP contribution is 2.32. The summed E-state index contributed by atoms with van der Waals surface area (Å²) in [5.74, 6) is 2.44. The van der Waals surface area contributed by atoms with E-state index in [1.165, 1.54) is 5.56 Å². The number of hydrogen-bond donors (Lipinski definition) is 1. The lowest BCUT2D eigenvalue weighted by atomic mass is 9.82. The van der Waals surface area contributed by atoms with Crippen LogP contribution in [0.3, 0.4) is 0 Å². The largest absolute Gasteiger partial charge is 0.497 e. The molecule has 0 bridgehead atoms. The molecule has 0 fully saturated rings. The van der Waals surface area contributed by atoms with Crippen LogP contribution in [0.1, 0.15) is 39.5 Å². The van der Waals surface area contributed by atoms with E-state index in [0.29, 0.717) is 24.5 Å². The van der Waals surface area contributed by atoms with Gasteiger partial charge in [-0.1, -0.05) is 24.3 Å². The number of ketones is 1. The molecule has 0 aliphatic heterocycles. The van der Waals surface area contributed by atoms with Gasteiger partial charge in [0.15, 0.2) is 5.78 Å². The van der Waals surface area contributed by atoms with Gasteiger partial charge in [0.05, 0.1) is 25.5 Å². The molecule has 1 heterocycles. The number of benzene rings is 2. The normalized spacial score (nSPS) is 15.4. The Balaban J connectivity index is 1.42. The lowest BCUT2D eigenvalue weighted by molar-refractivity contribution is 0.0962. The number of anilines is 1. The SMILES string of the molecule is COc1ccc(CCNc2ncc3c(n2)C[C@@H](c2ccc(OC)cc2)CC3=O)cc1. The summed E-state index contributed by atoms with van der Waals surface area (Å²) in [6, 6.07) is 15.9. The monoisotopic (exact) mass is 403 g/mol. The fraction of sp³-hybridized carbons (Fsp3) is 0.292. The Hall–Kier alpha value is -3.41. The van der Waals surface area contributed by atoms with Crippen molar-refractivity contribution < 1.29 is 14.3 Å². The van der Waals surface area contributed by atoms with E-state index in [-0.39, 0.29) is 11.7 Å². The number of nitrogens with one attached hydrogen (secondary N) is 1. The summed E-state index contributed by atoms with van der Waals surface area (Å²) >= 11 is 0. The number of aromatic nitrogens is 2. The zero-order chi connectivity index (χ0) is 20.9. The second kappa shape index (κ2) is 8.95. The van der Waals surface area contributed by atoms with Crippen LogP contribution in [0.4, 0.5) is 5.95 Å². The average molecular weight is 403 g/mol. The fourth-order valence-corrected chi connectivity index (χ4v) is 3.75. The van der Waals surface area contributed by atoms with Gasteiger partial charge < -0.3 is 14.8 Å². The van der Waals surface area contributed by atoms with Gasteiger partial charge >= 0.3 is 0 Å². The Morgan fingerprint density at radius 2 is 1.63 bits per heavy atom. The zero-order valence-corrected chi connectivity index (χ0v) is 17.2. The molecule has 0 amide bonds. The predicted molar refractivity (Wildman–Crippen MR) is 116 cm³/mol. The van der Waals surface area contributed by atoms with Crippen molar-refractivity contribution in [3.05, 3.63) is 77.1 Å². The summed E-state index contributed by atoms with van der Waals surface area (Å²) < 4.78 is 10.4. The van der Waals surface area contributed by atoms with Crippen molar-refractivity contribution in [2.75, 3.05) is 26.1 Å². The first-order chi connectivity index (χ1) is 14.7. The van der Waals surface area contributed by atoms with Crippen LogP contribution < -0.4 is 14.8 Å². The minimum absolute atomic E-state index is 0.0989. The van der Waals surface area contributed by atoms with Gasteiger partial charge in [-0.25, -0.2) is 9.97 Å². The number of fused-ring (bicyclic) bond motifs is 1. The van der Waals surface area contributed by atoms with Crippen molar-refractivity contribution >= 4 is 11.7 Å². The van der Waals surface area contributed by atoms with Crippen LogP contribution in [0.2, 0.25) is 0 Å². The van der Waals surface area contributed by atoms with E-state index in [2.05, 4.69) is 15.3 Å². The van der Waals surface area contributed by atoms with Gasteiger partial charge in [-0.15, -0.1) is 0 Å². The van der Waals surface area contributed by atoms with Crippen LogP contribution in [0.15, 0.2) is 54.7 Å². The molecule has 3 aromatic rings. The second-order valence-electron chi connectivity index (χ2n) is 7.38. The Morgan fingerprint density at radius 1 is 0.967 bits per heavy atom. The van der Waals surface area contributed by atoms with E-state index in [0.717, 1.165) is 35.6 Å². The van der Waals surface area contributed by atoms with Gasteiger partial charge in [-0.3, -0.25) is 4.79 Å². The van der Waals surface area contributed by atoms with Gasteiger partial charge in [0.1, 0.15) is 11.5 Å². The molecule has 1 aliphatic carbocycles. The molecule has 6 nitrogen and oxygen atoms in total. The predicted octanol–water partition coefficient (Wildman–Crippen LogP) is 4.06. The third kappa shape index (κ3) is 4.43. The van der Waals surface area contributed by atoms with Gasteiger partial charge in [0.25, 0.3) is 0 Å². The summed E-state index contributed by atoms with van der Waals surface area (Å²) in [6.07, 6.45) is 3.71. The molecule has 30 heavy (non-hydrogen) atoms. The molecule has 1 aromatic heterocycles. The highest BCUT2D eigenvalue weighted by Gasteiger charge is 2.28. The first-order valence-electron chi connectivity index (χ1n) is 10.1. The third-order valence-electron chi connectivity index (χ3n) is 5.48. The molecule has 154 valence electrons. The van der Waals surface area contributed by atoms with E-state index in [4.69, 9.17) is 9.47 Å². The number of hydrogen-bond acceptors (Lipinski definition) is 6. The Labute approximate surface area is 176 Å². The maximum atomic E-state index is 12.6. The molecule has 1 N–H and O–H groups in total. The van der Waals surface area contributed by atoms with Crippen LogP contribution in [0.25, 0.3) is 0 Å². The van der Waals surface area contributed by atoms with Crippen LogP contribution in [-0.2, 0) is 12.8 Å². The summed E-state index contributed by atoms with van der Waals surface area (Å²) in [5.41, 5.74) is 3.79. The van der Waals surface area contributed by atoms with Gasteiger partial charge in [0, 0.05) is 19.2 Å². The number of carbonyl (C=O) groups is 1. The molecule has 4 rings (SSSR count). The number of rotatable bonds is 7. The van der Waals surface area contributed by atoms with Crippen molar-refractivity contribution in [1.29, 1.82) is 0 Å². The van der Waals surface area contributed by atoms with E-state index in [1.54, 1.807) is 20.4 Å². The van der Waals surface area contributed by atoms with Crippen molar-refractivity contribution in [3.63, 3.8) is 0 Å². The molecular formula is C24H25N3O3. The maximum absolute atomic E-state index is 12.6. The van der Waals surface area contributed by atoms with E-state index < -0.39 is 0 Å². The molecule has 1 aliphatic rings. The van der Waals surface area contributed by atoms with Crippen LogP contribution >= 0.6 is 0 Å². The van der Waals surface area contributed by atoms with Gasteiger partial charge in [-0.2, -0.15) is 0 Å². The Kier molecular flexibility index (Phi) is 5.93. The number of methoxy groups -OCH3 is 2. The highest BCUT2D eigenvalue weighted by atomic mass is 16.5. The topological polar surface area (TPSA) is 73.3 Å². The standard InChI is InChI=1S/C24H25N3O3/c1-29-19-7-3-16(4-8-19)11-12-25-24-26-15-21-22(27-24)13-18(14-23(21)28)17-5-9-20(30-2)10-6-17/h3-10,15,18H,11-14H2,1-2H3,(H,25,26,27)/t18-/m1/s1. The summed E-state index contributed by atoms with van der Waals surface area (Å²) in [4.78, 5) is 21.6. The van der Waals surface area contributed by atoms with Crippen molar-refractivity contribution in [2.45, 2.75) is 25.2 Å². The first-order valence-corrected chi connectivity index (χ1v) is 10.1. The fourth-order valence-electron chi connectivity index (χ4n) is 3.75. The molecule has 1 atom stereocenters. The van der Waals surface area contributed by atoms with Crippen molar-refractivity contribution in [1.82, 2.24) is 9.97 Å². The molecule has 0 saturated carbocycles. The molecule has 0 unspecified atom stereocenters. The number of Topliss-reactive ketones (excluding diaryl/α,β-unsaturated/α-hetero) is 1. The van der Waals surface area contributed by atoms with E-state index in [1.807, 2.05) is 48.5 Å². The highest BCUT2D eigenvalue weighted by molar-refractivity contribution is 5.98. The number of nitrogens with zero attached hydrogens (tertiary/aromatic N) is 2. The van der Waals surface area contributed by atoms with Gasteiger partial charge in [-0.05, 0) is 54.2 Å². The average Bonchev–Trinajstić information content (AvgIpc) is 2.79. The van der Waals surface area contributed by atoms with Crippen LogP contribution in [0.5, 0.6) is 11.5 Å². The third-order valence-corrected chi connectivity index (χ3v) is 5.48. The summed E-state index contributed by atoms with van der Waals surface area (Å²) in [7, 11) is 3.31. The zero-order valence-electron chi connectivity index (χ0n) is 17.2. The molecule has 2 aromatic carbocycles. The lowest BCUT2D eigenvalue weighted by Crippen LogP contribution is -2.21. The quantitative estimate of drug-likeness (QED) is 0.641. The summed E-state index contributed by atoms with van der Waals surface area (Å²) in [6.45, 7) is 0.709. The lowest BCUT2D eigenvalue weighted by Gasteiger charge is -2.23. The molecule has 0 spiro atoms. The minimum Gasteiger partial charge on any atom is -0.497 e. The first kappa shape index (κ1) is 19.9. The van der Waals surface area contributed by atoms with Crippen molar-refractivity contribution in [3.8, 4) is 11.5 Å².